The van der Waals surface area contributed by atoms with Crippen LogP contribution in [0.15, 0.2) is 30.3 Å². The van der Waals surface area contributed by atoms with E-state index in [1.807, 2.05) is 30.3 Å². The molecule has 1 fully saturated rings. The molecule has 1 amide bonds. The zero-order valence-corrected chi connectivity index (χ0v) is 13.4. The average molecular weight is 332 g/mol. The van der Waals surface area contributed by atoms with Crippen LogP contribution in [0.3, 0.4) is 0 Å². The van der Waals surface area contributed by atoms with Gasteiger partial charge in [0.15, 0.2) is 6.04 Å². The van der Waals surface area contributed by atoms with Crippen molar-refractivity contribution in [2.45, 2.75) is 13.0 Å². The highest BCUT2D eigenvalue weighted by Gasteiger charge is 2.34. The van der Waals surface area contributed by atoms with Crippen LogP contribution in [0.4, 0.5) is 0 Å². The molecule has 1 aromatic heterocycles. The van der Waals surface area contributed by atoms with E-state index in [4.69, 9.17) is 4.74 Å². The summed E-state index contributed by atoms with van der Waals surface area (Å²) in [5.74, 6) is -1.35. The van der Waals surface area contributed by atoms with Gasteiger partial charge >= 0.3 is 5.97 Å². The predicted molar refractivity (Wildman–Crippen MR) is 85.6 cm³/mol. The number of aromatic nitrogens is 1. The quantitative estimate of drug-likeness (QED) is 0.930. The first-order chi connectivity index (χ1) is 11.1. The molecule has 1 aliphatic heterocycles. The van der Waals surface area contributed by atoms with Gasteiger partial charge in [0.25, 0.3) is 5.91 Å². The third-order valence-corrected chi connectivity index (χ3v) is 4.88. The van der Waals surface area contributed by atoms with Crippen molar-refractivity contribution in [2.24, 2.45) is 0 Å². The van der Waals surface area contributed by atoms with Crippen LogP contribution in [-0.2, 0) is 9.53 Å². The Kier molecular flexibility index (Phi) is 4.40. The smallest absolute Gasteiger partial charge is 0.328 e. The van der Waals surface area contributed by atoms with Crippen LogP contribution in [-0.4, -0.2) is 52.7 Å². The molecule has 2 aromatic rings. The topological polar surface area (TPSA) is 79.7 Å². The van der Waals surface area contributed by atoms with E-state index in [1.165, 1.54) is 16.2 Å². The standard InChI is InChI=1S/C16H16N2O4S/c1-10-13(23-14(17-10)11-5-3-2-4-6-11)15(19)18-7-8-22-9-12(18)16(20)21/h2-6,12H,7-9H2,1H3,(H,20,21)/t12-/m0/s1. The van der Waals surface area contributed by atoms with Gasteiger partial charge in [0.1, 0.15) is 9.88 Å². The minimum atomic E-state index is -1.05. The summed E-state index contributed by atoms with van der Waals surface area (Å²) in [4.78, 5) is 30.4. The maximum atomic E-state index is 12.8. The minimum absolute atomic E-state index is 0.0183. The van der Waals surface area contributed by atoms with Crippen molar-refractivity contribution >= 4 is 23.2 Å². The van der Waals surface area contributed by atoms with Crippen molar-refractivity contribution in [1.29, 1.82) is 0 Å². The van der Waals surface area contributed by atoms with E-state index in [9.17, 15) is 14.7 Å². The number of benzene rings is 1. The first-order valence-corrected chi connectivity index (χ1v) is 8.04. The molecular formula is C16H16N2O4S. The maximum Gasteiger partial charge on any atom is 0.328 e. The molecule has 23 heavy (non-hydrogen) atoms. The molecule has 1 aliphatic rings. The number of carbonyl (C=O) groups excluding carboxylic acids is 1. The minimum Gasteiger partial charge on any atom is -0.480 e. The molecule has 0 radical (unpaired) electrons. The first-order valence-electron chi connectivity index (χ1n) is 7.22. The number of thiazole rings is 1. The second-order valence-corrected chi connectivity index (χ2v) is 6.23. The molecule has 0 bridgehead atoms. The molecule has 1 saturated heterocycles. The Morgan fingerprint density at radius 2 is 2.09 bits per heavy atom. The highest BCUT2D eigenvalue weighted by atomic mass is 32.1. The van der Waals surface area contributed by atoms with Crippen molar-refractivity contribution in [3.05, 3.63) is 40.9 Å². The van der Waals surface area contributed by atoms with E-state index in [0.717, 1.165) is 10.6 Å². The lowest BCUT2D eigenvalue weighted by molar-refractivity contribution is -0.147. The number of hydrogen-bond donors (Lipinski definition) is 1. The number of hydrogen-bond acceptors (Lipinski definition) is 5. The third-order valence-electron chi connectivity index (χ3n) is 3.69. The second kappa shape index (κ2) is 6.47. The van der Waals surface area contributed by atoms with Gasteiger partial charge in [0.2, 0.25) is 0 Å². The number of nitrogens with zero attached hydrogens (tertiary/aromatic N) is 2. The SMILES string of the molecule is Cc1nc(-c2ccccc2)sc1C(=O)N1CCOC[C@H]1C(=O)O. The van der Waals surface area contributed by atoms with E-state index in [1.54, 1.807) is 6.92 Å². The van der Waals surface area contributed by atoms with E-state index in [0.29, 0.717) is 17.2 Å². The Balaban J connectivity index is 1.90. The highest BCUT2D eigenvalue weighted by Crippen LogP contribution is 2.29. The zero-order valence-electron chi connectivity index (χ0n) is 12.6. The fraction of sp³-hybridized carbons (Fsp3) is 0.312. The van der Waals surface area contributed by atoms with Crippen LogP contribution in [0.25, 0.3) is 10.6 Å². The average Bonchev–Trinajstić information content (AvgIpc) is 2.97. The summed E-state index contributed by atoms with van der Waals surface area (Å²) in [6, 6.07) is 8.66. The van der Waals surface area contributed by atoms with E-state index >= 15 is 0 Å². The fourth-order valence-corrected chi connectivity index (χ4v) is 3.51. The van der Waals surface area contributed by atoms with E-state index in [-0.39, 0.29) is 19.1 Å². The van der Waals surface area contributed by atoms with Crippen LogP contribution >= 0.6 is 11.3 Å². The molecule has 120 valence electrons. The summed E-state index contributed by atoms with van der Waals surface area (Å²) in [6.45, 7) is 2.41. The number of rotatable bonds is 3. The number of ether oxygens (including phenoxy) is 1. The van der Waals surface area contributed by atoms with Gasteiger partial charge in [-0.3, -0.25) is 4.79 Å². The van der Waals surface area contributed by atoms with Crippen LogP contribution < -0.4 is 0 Å². The lowest BCUT2D eigenvalue weighted by atomic mass is 10.2. The maximum absolute atomic E-state index is 12.8. The lowest BCUT2D eigenvalue weighted by Gasteiger charge is -2.32. The van der Waals surface area contributed by atoms with Gasteiger partial charge in [-0.2, -0.15) is 0 Å². The summed E-state index contributed by atoms with van der Waals surface area (Å²) >= 11 is 1.29. The molecule has 6 nitrogen and oxygen atoms in total. The van der Waals surface area contributed by atoms with Gasteiger partial charge < -0.3 is 14.7 Å². The van der Waals surface area contributed by atoms with Crippen LogP contribution in [0.5, 0.6) is 0 Å². The Bertz CT molecular complexity index is 729. The fourth-order valence-electron chi connectivity index (χ4n) is 2.48. The van der Waals surface area contributed by atoms with Gasteiger partial charge in [-0.25, -0.2) is 9.78 Å². The van der Waals surface area contributed by atoms with Gasteiger partial charge in [0, 0.05) is 12.1 Å². The summed E-state index contributed by atoms with van der Waals surface area (Å²) in [5.41, 5.74) is 1.56. The molecule has 7 heteroatoms. The number of carbonyl (C=O) groups is 2. The zero-order chi connectivity index (χ0) is 16.4. The second-order valence-electron chi connectivity index (χ2n) is 5.23. The normalized spacial score (nSPS) is 18.0. The van der Waals surface area contributed by atoms with Crippen LogP contribution in [0.1, 0.15) is 15.4 Å². The molecule has 0 saturated carbocycles. The molecule has 1 aromatic carbocycles. The van der Waals surface area contributed by atoms with Crippen LogP contribution in [0, 0.1) is 6.92 Å². The number of amides is 1. The highest BCUT2D eigenvalue weighted by molar-refractivity contribution is 7.17. The first kappa shape index (κ1) is 15.6. The van der Waals surface area contributed by atoms with Crippen LogP contribution in [0.2, 0.25) is 0 Å². The van der Waals surface area contributed by atoms with Gasteiger partial charge in [0.05, 0.1) is 18.9 Å². The molecule has 0 unspecified atom stereocenters. The van der Waals surface area contributed by atoms with Crippen molar-refractivity contribution in [2.75, 3.05) is 19.8 Å². The Hall–Kier alpha value is -2.25. The van der Waals surface area contributed by atoms with Crippen molar-refractivity contribution < 1.29 is 19.4 Å². The Morgan fingerprint density at radius 1 is 1.35 bits per heavy atom. The van der Waals surface area contributed by atoms with Gasteiger partial charge in [-0.15, -0.1) is 11.3 Å². The van der Waals surface area contributed by atoms with Crippen molar-refractivity contribution in [3.63, 3.8) is 0 Å². The molecule has 1 atom stereocenters. The van der Waals surface area contributed by atoms with Gasteiger partial charge in [-0.1, -0.05) is 30.3 Å². The largest absolute Gasteiger partial charge is 0.480 e. The molecule has 0 spiro atoms. The molecule has 3 rings (SSSR count). The molecule has 1 N–H and O–H groups in total. The summed E-state index contributed by atoms with van der Waals surface area (Å²) in [5, 5.41) is 10.0. The van der Waals surface area contributed by atoms with Crippen molar-refractivity contribution in [3.8, 4) is 10.6 Å². The number of carboxylic acids is 1. The van der Waals surface area contributed by atoms with E-state index < -0.39 is 12.0 Å². The lowest BCUT2D eigenvalue weighted by Crippen LogP contribution is -2.52. The Labute approximate surface area is 137 Å². The predicted octanol–water partition coefficient (Wildman–Crippen LogP) is 2.04. The molecule has 0 aliphatic carbocycles. The summed E-state index contributed by atoms with van der Waals surface area (Å²) in [7, 11) is 0. The van der Waals surface area contributed by atoms with Crippen molar-refractivity contribution in [1.82, 2.24) is 9.88 Å². The number of aliphatic carboxylic acids is 1. The Morgan fingerprint density at radius 3 is 2.78 bits per heavy atom. The third kappa shape index (κ3) is 3.11. The number of morpholine rings is 1. The number of aryl methyl sites for hydroxylation is 1. The summed E-state index contributed by atoms with van der Waals surface area (Å²) in [6.07, 6.45) is 0. The van der Waals surface area contributed by atoms with Gasteiger partial charge in [-0.05, 0) is 6.92 Å². The molecule has 2 heterocycles. The number of carboxylic acid groups (broad SMARTS) is 1. The molecular weight excluding hydrogens is 316 g/mol. The summed E-state index contributed by atoms with van der Waals surface area (Å²) < 4.78 is 5.18. The monoisotopic (exact) mass is 332 g/mol. The van der Waals surface area contributed by atoms with E-state index in [2.05, 4.69) is 4.98 Å².